The summed E-state index contributed by atoms with van der Waals surface area (Å²) in [5, 5.41) is 12.0. The third kappa shape index (κ3) is 2.81. The Bertz CT molecular complexity index is 571. The van der Waals surface area contributed by atoms with Crippen LogP contribution in [0.3, 0.4) is 0 Å². The molecule has 0 fully saturated rings. The summed E-state index contributed by atoms with van der Waals surface area (Å²) in [6, 6.07) is 6.32. The van der Waals surface area contributed by atoms with E-state index >= 15 is 0 Å². The van der Waals surface area contributed by atoms with Gasteiger partial charge in [0.25, 0.3) is 0 Å². The van der Waals surface area contributed by atoms with Crippen LogP contribution >= 0.6 is 15.9 Å². The molecule has 1 aliphatic rings. The molecule has 1 aromatic carbocycles. The van der Waals surface area contributed by atoms with Crippen molar-refractivity contribution in [2.45, 2.75) is 39.3 Å². The van der Waals surface area contributed by atoms with Gasteiger partial charge in [0.1, 0.15) is 5.82 Å². The molecule has 5 heteroatoms. The predicted octanol–water partition coefficient (Wildman–Crippen LogP) is 3.30. The van der Waals surface area contributed by atoms with E-state index in [0.29, 0.717) is 0 Å². The fraction of sp³-hybridized carbons (Fsp3) is 0.429. The summed E-state index contributed by atoms with van der Waals surface area (Å²) in [4.78, 5) is 0. The Kier molecular flexibility index (Phi) is 3.55. The Morgan fingerprint density at radius 2 is 2.16 bits per heavy atom. The predicted molar refractivity (Wildman–Crippen MR) is 79.2 cm³/mol. The van der Waals surface area contributed by atoms with Gasteiger partial charge in [0.15, 0.2) is 5.82 Å². The molecule has 100 valence electrons. The molecule has 0 atom stereocenters. The van der Waals surface area contributed by atoms with Crippen molar-refractivity contribution in [1.82, 2.24) is 14.8 Å². The average Bonchev–Trinajstić information content (AvgIpc) is 2.78. The van der Waals surface area contributed by atoms with Crippen molar-refractivity contribution in [3.63, 3.8) is 0 Å². The van der Waals surface area contributed by atoms with Crippen LogP contribution in [0, 0.1) is 6.92 Å². The van der Waals surface area contributed by atoms with E-state index in [1.54, 1.807) is 0 Å². The first-order valence-electron chi connectivity index (χ1n) is 6.64. The van der Waals surface area contributed by atoms with E-state index < -0.39 is 0 Å². The van der Waals surface area contributed by atoms with Crippen LogP contribution in [0.25, 0.3) is 0 Å². The molecule has 2 aromatic rings. The minimum atomic E-state index is 0.725. The fourth-order valence-electron chi connectivity index (χ4n) is 2.52. The number of nitrogens with one attached hydrogen (secondary N) is 1. The number of fused-ring (bicyclic) bond motifs is 1. The van der Waals surface area contributed by atoms with Crippen LogP contribution < -0.4 is 5.32 Å². The van der Waals surface area contributed by atoms with E-state index in [1.807, 2.05) is 0 Å². The maximum atomic E-state index is 4.30. The lowest BCUT2D eigenvalue weighted by molar-refractivity contribution is 0.510. The maximum Gasteiger partial charge on any atom is 0.152 e. The zero-order valence-corrected chi connectivity index (χ0v) is 12.6. The van der Waals surface area contributed by atoms with Crippen LogP contribution in [0.15, 0.2) is 22.7 Å². The maximum absolute atomic E-state index is 4.30. The molecule has 0 bridgehead atoms. The molecule has 0 radical (unpaired) electrons. The highest BCUT2D eigenvalue weighted by molar-refractivity contribution is 9.10. The summed E-state index contributed by atoms with van der Waals surface area (Å²) < 4.78 is 3.35. The molecule has 0 saturated carbocycles. The molecule has 4 nitrogen and oxygen atoms in total. The van der Waals surface area contributed by atoms with E-state index in [0.717, 1.165) is 41.3 Å². The summed E-state index contributed by atoms with van der Waals surface area (Å²) in [7, 11) is 0. The van der Waals surface area contributed by atoms with Crippen LogP contribution in [0.4, 0.5) is 5.69 Å². The summed E-state index contributed by atoms with van der Waals surface area (Å²) >= 11 is 3.52. The Morgan fingerprint density at radius 1 is 1.26 bits per heavy atom. The Hall–Kier alpha value is -1.36. The molecule has 1 aromatic heterocycles. The molecule has 0 unspecified atom stereocenters. The van der Waals surface area contributed by atoms with Crippen molar-refractivity contribution >= 4 is 21.6 Å². The summed E-state index contributed by atoms with van der Waals surface area (Å²) in [5.74, 6) is 2.17. The lowest BCUT2D eigenvalue weighted by Crippen LogP contribution is -2.15. The average molecular weight is 321 g/mol. The van der Waals surface area contributed by atoms with Gasteiger partial charge >= 0.3 is 0 Å². The third-order valence-electron chi connectivity index (χ3n) is 3.43. The smallest absolute Gasteiger partial charge is 0.152 e. The highest BCUT2D eigenvalue weighted by Gasteiger charge is 2.15. The second-order valence-electron chi connectivity index (χ2n) is 5.01. The van der Waals surface area contributed by atoms with Gasteiger partial charge in [-0.3, -0.25) is 0 Å². The largest absolute Gasteiger partial charge is 0.378 e. The van der Waals surface area contributed by atoms with E-state index in [1.165, 1.54) is 18.4 Å². The minimum absolute atomic E-state index is 0.725. The Balaban J connectivity index is 1.74. The minimum Gasteiger partial charge on any atom is -0.378 e. The molecular weight excluding hydrogens is 304 g/mol. The molecular formula is C14H17BrN4. The van der Waals surface area contributed by atoms with Gasteiger partial charge in [-0.2, -0.15) is 0 Å². The number of aryl methyl sites for hydroxylation is 2. The standard InChI is InChI=1S/C14H17BrN4/c1-10-6-11(15)8-12(7-10)16-9-14-18-17-13-4-2-3-5-19(13)14/h6-8,16H,2-5,9H2,1H3. The van der Waals surface area contributed by atoms with Gasteiger partial charge in [0, 0.05) is 23.1 Å². The first-order chi connectivity index (χ1) is 9.22. The Labute approximate surface area is 121 Å². The molecule has 0 saturated heterocycles. The molecule has 3 rings (SSSR count). The van der Waals surface area contributed by atoms with Crippen molar-refractivity contribution in [2.24, 2.45) is 0 Å². The molecule has 19 heavy (non-hydrogen) atoms. The van der Waals surface area contributed by atoms with Crippen molar-refractivity contribution in [3.8, 4) is 0 Å². The number of halogens is 1. The highest BCUT2D eigenvalue weighted by Crippen LogP contribution is 2.20. The van der Waals surface area contributed by atoms with Crippen molar-refractivity contribution in [1.29, 1.82) is 0 Å². The zero-order chi connectivity index (χ0) is 13.2. The number of rotatable bonds is 3. The topological polar surface area (TPSA) is 42.7 Å². The molecule has 1 N–H and O–H groups in total. The van der Waals surface area contributed by atoms with Crippen LogP contribution in [0.1, 0.15) is 30.1 Å². The second-order valence-corrected chi connectivity index (χ2v) is 5.93. The first-order valence-corrected chi connectivity index (χ1v) is 7.44. The van der Waals surface area contributed by atoms with Gasteiger partial charge in [0.05, 0.1) is 6.54 Å². The van der Waals surface area contributed by atoms with Gasteiger partial charge in [-0.05, 0) is 43.5 Å². The van der Waals surface area contributed by atoms with Gasteiger partial charge in [-0.1, -0.05) is 15.9 Å². The number of benzene rings is 1. The summed E-state index contributed by atoms with van der Waals surface area (Å²) in [6.45, 7) is 3.87. The molecule has 0 spiro atoms. The normalized spacial score (nSPS) is 14.2. The van der Waals surface area contributed by atoms with E-state index in [2.05, 4.69) is 61.1 Å². The van der Waals surface area contributed by atoms with Crippen molar-refractivity contribution in [3.05, 3.63) is 39.9 Å². The van der Waals surface area contributed by atoms with Gasteiger partial charge in [0.2, 0.25) is 0 Å². The van der Waals surface area contributed by atoms with E-state index in [9.17, 15) is 0 Å². The molecule has 1 aliphatic heterocycles. The third-order valence-corrected chi connectivity index (χ3v) is 3.89. The lowest BCUT2D eigenvalue weighted by atomic mass is 10.1. The van der Waals surface area contributed by atoms with E-state index in [4.69, 9.17) is 0 Å². The van der Waals surface area contributed by atoms with E-state index in [-0.39, 0.29) is 0 Å². The van der Waals surface area contributed by atoms with Crippen LogP contribution in [0.5, 0.6) is 0 Å². The second kappa shape index (κ2) is 5.33. The number of nitrogens with zero attached hydrogens (tertiary/aromatic N) is 3. The van der Waals surface area contributed by atoms with Gasteiger partial charge in [-0.15, -0.1) is 10.2 Å². The number of aromatic nitrogens is 3. The quantitative estimate of drug-likeness (QED) is 0.943. The monoisotopic (exact) mass is 320 g/mol. The SMILES string of the molecule is Cc1cc(Br)cc(NCc2nnc3n2CCCC3)c1. The molecule has 2 heterocycles. The van der Waals surface area contributed by atoms with Crippen molar-refractivity contribution < 1.29 is 0 Å². The molecule has 0 amide bonds. The van der Waals surface area contributed by atoms with Crippen LogP contribution in [-0.2, 0) is 19.5 Å². The van der Waals surface area contributed by atoms with Crippen LogP contribution in [0.2, 0.25) is 0 Å². The first kappa shape index (κ1) is 12.7. The molecule has 0 aliphatic carbocycles. The number of anilines is 1. The fourth-order valence-corrected chi connectivity index (χ4v) is 3.13. The van der Waals surface area contributed by atoms with Crippen molar-refractivity contribution in [2.75, 3.05) is 5.32 Å². The Morgan fingerprint density at radius 3 is 3.00 bits per heavy atom. The summed E-state index contributed by atoms with van der Waals surface area (Å²) in [6.07, 6.45) is 3.52. The number of hydrogen-bond donors (Lipinski definition) is 1. The lowest BCUT2D eigenvalue weighted by Gasteiger charge is -2.15. The summed E-state index contributed by atoms with van der Waals surface area (Å²) in [5.41, 5.74) is 2.35. The van der Waals surface area contributed by atoms with Gasteiger partial charge < -0.3 is 9.88 Å². The highest BCUT2D eigenvalue weighted by atomic mass is 79.9. The number of hydrogen-bond acceptors (Lipinski definition) is 3. The zero-order valence-electron chi connectivity index (χ0n) is 11.0. The van der Waals surface area contributed by atoms with Gasteiger partial charge in [-0.25, -0.2) is 0 Å². The van der Waals surface area contributed by atoms with Crippen LogP contribution in [-0.4, -0.2) is 14.8 Å².